The first kappa shape index (κ1) is 9.30. The van der Waals surface area contributed by atoms with Crippen LogP contribution in [0.25, 0.3) is 0 Å². The number of hydrogen-bond acceptors (Lipinski definition) is 4. The third kappa shape index (κ3) is 1.66. The van der Waals surface area contributed by atoms with Gasteiger partial charge in [-0.15, -0.1) is 10.2 Å². The van der Waals surface area contributed by atoms with E-state index in [9.17, 15) is 0 Å². The maximum Gasteiger partial charge on any atom is 0.150 e. The molecular formula is C10H16N4O. The molecule has 0 unspecified atom stereocenters. The van der Waals surface area contributed by atoms with Crippen molar-refractivity contribution in [3.05, 3.63) is 11.6 Å². The molecule has 1 aromatic rings. The number of ether oxygens (including phenoxy) is 1. The summed E-state index contributed by atoms with van der Waals surface area (Å²) >= 11 is 0. The van der Waals surface area contributed by atoms with Gasteiger partial charge in [-0.3, -0.25) is 0 Å². The molecule has 0 radical (unpaired) electrons. The monoisotopic (exact) mass is 208 g/mol. The molecule has 1 fully saturated rings. The van der Waals surface area contributed by atoms with Crippen molar-refractivity contribution in [1.29, 1.82) is 0 Å². The summed E-state index contributed by atoms with van der Waals surface area (Å²) in [5, 5.41) is 12.0. The number of aromatic nitrogens is 3. The smallest absolute Gasteiger partial charge is 0.150 e. The van der Waals surface area contributed by atoms with Gasteiger partial charge < -0.3 is 14.6 Å². The van der Waals surface area contributed by atoms with Crippen LogP contribution in [0.5, 0.6) is 0 Å². The van der Waals surface area contributed by atoms with Crippen molar-refractivity contribution in [2.45, 2.75) is 31.8 Å². The van der Waals surface area contributed by atoms with E-state index >= 15 is 0 Å². The molecule has 3 rings (SSSR count). The van der Waals surface area contributed by atoms with Gasteiger partial charge in [0.05, 0.1) is 19.3 Å². The van der Waals surface area contributed by atoms with Crippen molar-refractivity contribution in [1.82, 2.24) is 20.1 Å². The minimum atomic E-state index is 0.407. The Bertz CT molecular complexity index is 343. The molecule has 15 heavy (non-hydrogen) atoms. The lowest BCUT2D eigenvalue weighted by Crippen LogP contribution is -2.19. The minimum absolute atomic E-state index is 0.407. The van der Waals surface area contributed by atoms with E-state index < -0.39 is 0 Å². The zero-order valence-electron chi connectivity index (χ0n) is 8.78. The highest BCUT2D eigenvalue weighted by atomic mass is 16.5. The van der Waals surface area contributed by atoms with E-state index in [0.29, 0.717) is 6.04 Å². The van der Waals surface area contributed by atoms with Gasteiger partial charge >= 0.3 is 0 Å². The van der Waals surface area contributed by atoms with Crippen molar-refractivity contribution < 1.29 is 4.74 Å². The zero-order valence-corrected chi connectivity index (χ0v) is 8.78. The molecule has 1 N–H and O–H groups in total. The summed E-state index contributed by atoms with van der Waals surface area (Å²) in [6.07, 6.45) is 3.31. The molecule has 82 valence electrons. The van der Waals surface area contributed by atoms with Crippen LogP contribution in [-0.2, 0) is 17.7 Å². The molecule has 5 nitrogen and oxygen atoms in total. The Labute approximate surface area is 88.8 Å². The molecule has 0 amide bonds. The molecule has 1 aromatic heterocycles. The number of nitrogens with one attached hydrogen (secondary N) is 1. The zero-order chi connectivity index (χ0) is 10.1. The van der Waals surface area contributed by atoms with Crippen LogP contribution in [0.15, 0.2) is 0 Å². The maximum atomic E-state index is 5.44. The van der Waals surface area contributed by atoms with Gasteiger partial charge in [-0.1, -0.05) is 0 Å². The molecule has 0 aliphatic carbocycles. The molecule has 2 aliphatic heterocycles. The number of fused-ring (bicyclic) bond motifs is 1. The molecule has 0 aromatic carbocycles. The minimum Gasteiger partial charge on any atom is -0.379 e. The molecule has 0 spiro atoms. The summed E-state index contributed by atoms with van der Waals surface area (Å²) in [5.74, 6) is 2.18. The third-order valence-corrected chi connectivity index (χ3v) is 3.16. The standard InChI is InChI=1S/C10H16N4O/c1-2-8(11-4-1)10-13-12-9-3-6-15-7-5-14(9)10/h8,11H,1-7H2/t8-/m0/s1. The summed E-state index contributed by atoms with van der Waals surface area (Å²) in [5.41, 5.74) is 0. The van der Waals surface area contributed by atoms with Crippen LogP contribution in [-0.4, -0.2) is 34.5 Å². The maximum absolute atomic E-state index is 5.44. The fourth-order valence-corrected chi connectivity index (χ4v) is 2.36. The molecule has 1 atom stereocenters. The van der Waals surface area contributed by atoms with Crippen LogP contribution in [0.3, 0.4) is 0 Å². The normalized spacial score (nSPS) is 26.3. The van der Waals surface area contributed by atoms with Gasteiger partial charge in [-0.25, -0.2) is 0 Å². The van der Waals surface area contributed by atoms with Crippen molar-refractivity contribution in [2.75, 3.05) is 19.8 Å². The van der Waals surface area contributed by atoms with Crippen LogP contribution < -0.4 is 5.32 Å². The quantitative estimate of drug-likeness (QED) is 0.720. The van der Waals surface area contributed by atoms with E-state index in [1.165, 1.54) is 12.8 Å². The van der Waals surface area contributed by atoms with Crippen LogP contribution in [0.2, 0.25) is 0 Å². The molecular weight excluding hydrogens is 192 g/mol. The second-order valence-electron chi connectivity index (χ2n) is 4.14. The predicted molar refractivity (Wildman–Crippen MR) is 54.5 cm³/mol. The largest absolute Gasteiger partial charge is 0.379 e. The summed E-state index contributed by atoms with van der Waals surface area (Å²) in [6, 6.07) is 0.407. The molecule has 0 saturated carbocycles. The Morgan fingerprint density at radius 1 is 1.33 bits per heavy atom. The van der Waals surface area contributed by atoms with Crippen LogP contribution in [0.4, 0.5) is 0 Å². The lowest BCUT2D eigenvalue weighted by atomic mass is 10.2. The van der Waals surface area contributed by atoms with E-state index in [2.05, 4.69) is 20.1 Å². The Hall–Kier alpha value is -0.940. The van der Waals surface area contributed by atoms with Crippen LogP contribution in [0.1, 0.15) is 30.5 Å². The van der Waals surface area contributed by atoms with Gasteiger partial charge in [0.15, 0.2) is 0 Å². The Morgan fingerprint density at radius 2 is 2.33 bits per heavy atom. The molecule has 5 heteroatoms. The first-order chi connectivity index (χ1) is 7.45. The highest BCUT2D eigenvalue weighted by Gasteiger charge is 2.24. The predicted octanol–water partition coefficient (Wildman–Crippen LogP) is 0.275. The van der Waals surface area contributed by atoms with Crippen LogP contribution >= 0.6 is 0 Å². The fraction of sp³-hybridized carbons (Fsp3) is 0.800. The molecule has 3 heterocycles. The summed E-state index contributed by atoms with van der Waals surface area (Å²) < 4.78 is 7.68. The second kappa shape index (κ2) is 3.90. The topological polar surface area (TPSA) is 52.0 Å². The van der Waals surface area contributed by atoms with Gasteiger partial charge in [-0.2, -0.15) is 0 Å². The van der Waals surface area contributed by atoms with Crippen molar-refractivity contribution in [3.63, 3.8) is 0 Å². The fourth-order valence-electron chi connectivity index (χ4n) is 2.36. The van der Waals surface area contributed by atoms with Crippen molar-refractivity contribution in [3.8, 4) is 0 Å². The summed E-state index contributed by atoms with van der Waals surface area (Å²) in [4.78, 5) is 0. The van der Waals surface area contributed by atoms with Crippen LogP contribution in [0, 0.1) is 0 Å². The van der Waals surface area contributed by atoms with Gasteiger partial charge in [0.1, 0.15) is 11.6 Å². The number of hydrogen-bond donors (Lipinski definition) is 1. The van der Waals surface area contributed by atoms with E-state index in [1.807, 2.05) is 0 Å². The lowest BCUT2D eigenvalue weighted by Gasteiger charge is -2.11. The third-order valence-electron chi connectivity index (χ3n) is 3.16. The molecule has 1 saturated heterocycles. The second-order valence-corrected chi connectivity index (χ2v) is 4.14. The Morgan fingerprint density at radius 3 is 3.20 bits per heavy atom. The molecule has 0 bridgehead atoms. The first-order valence-corrected chi connectivity index (χ1v) is 5.68. The van der Waals surface area contributed by atoms with Gasteiger partial charge in [0, 0.05) is 13.0 Å². The first-order valence-electron chi connectivity index (χ1n) is 5.68. The van der Waals surface area contributed by atoms with E-state index in [4.69, 9.17) is 4.74 Å². The average molecular weight is 208 g/mol. The van der Waals surface area contributed by atoms with E-state index in [-0.39, 0.29) is 0 Å². The average Bonchev–Trinajstić information content (AvgIpc) is 2.83. The van der Waals surface area contributed by atoms with Crippen molar-refractivity contribution >= 4 is 0 Å². The molecule has 2 aliphatic rings. The van der Waals surface area contributed by atoms with E-state index in [1.54, 1.807) is 0 Å². The summed E-state index contributed by atoms with van der Waals surface area (Å²) in [6.45, 7) is 3.56. The van der Waals surface area contributed by atoms with E-state index in [0.717, 1.165) is 44.4 Å². The van der Waals surface area contributed by atoms with Gasteiger partial charge in [0.2, 0.25) is 0 Å². The SMILES string of the molecule is C1CN[C@H](c2nnc3n2CCOCC3)C1. The number of rotatable bonds is 1. The lowest BCUT2D eigenvalue weighted by molar-refractivity contribution is 0.139. The van der Waals surface area contributed by atoms with Gasteiger partial charge in [0.25, 0.3) is 0 Å². The highest BCUT2D eigenvalue weighted by Crippen LogP contribution is 2.22. The Balaban J connectivity index is 1.91. The highest BCUT2D eigenvalue weighted by molar-refractivity contribution is 5.04. The summed E-state index contributed by atoms with van der Waals surface area (Å²) in [7, 11) is 0. The number of nitrogens with zero attached hydrogens (tertiary/aromatic N) is 3. The van der Waals surface area contributed by atoms with Crippen molar-refractivity contribution in [2.24, 2.45) is 0 Å². The van der Waals surface area contributed by atoms with Gasteiger partial charge in [-0.05, 0) is 19.4 Å². The Kier molecular flexibility index (Phi) is 2.42.